The summed E-state index contributed by atoms with van der Waals surface area (Å²) in [6, 6.07) is 7.43. The van der Waals surface area contributed by atoms with E-state index in [0.717, 1.165) is 10.9 Å². The topological polar surface area (TPSA) is 50.4 Å². The molecule has 0 aliphatic carbocycles. The average Bonchev–Trinajstić information content (AvgIpc) is 2.75. The van der Waals surface area contributed by atoms with Gasteiger partial charge in [-0.3, -0.25) is 0 Å². The van der Waals surface area contributed by atoms with Gasteiger partial charge in [0.15, 0.2) is 0 Å². The number of alkyl halides is 1. The molecule has 4 heteroatoms. The Kier molecular flexibility index (Phi) is 3.36. The highest BCUT2D eigenvalue weighted by atomic mass is 19.1. The second-order valence-corrected chi connectivity index (χ2v) is 4.32. The molecule has 0 bridgehead atoms. The van der Waals surface area contributed by atoms with Gasteiger partial charge >= 0.3 is 5.97 Å². The predicted octanol–water partition coefficient (Wildman–Crippen LogP) is 3.52. The summed E-state index contributed by atoms with van der Waals surface area (Å²) in [6.45, 7) is 3.48. The molecular formula is C14H15FO3. The van der Waals surface area contributed by atoms with E-state index in [2.05, 4.69) is 0 Å². The molecule has 0 radical (unpaired) electrons. The third-order valence-electron chi connectivity index (χ3n) is 3.17. The zero-order valence-corrected chi connectivity index (χ0v) is 10.3. The minimum absolute atomic E-state index is 0.439. The number of hydrogen-bond acceptors (Lipinski definition) is 2. The van der Waals surface area contributed by atoms with Crippen LogP contribution in [0.25, 0.3) is 11.0 Å². The van der Waals surface area contributed by atoms with Crippen LogP contribution in [0.1, 0.15) is 31.1 Å². The Labute approximate surface area is 104 Å². The molecule has 1 N–H and O–H groups in total. The fourth-order valence-electron chi connectivity index (χ4n) is 2.20. The summed E-state index contributed by atoms with van der Waals surface area (Å²) >= 11 is 0. The Bertz CT molecular complexity index is 573. The minimum atomic E-state index is -1.95. The number of benzene rings is 1. The second-order valence-electron chi connectivity index (χ2n) is 4.32. The number of fused-ring (bicyclic) bond motifs is 1. The zero-order valence-electron chi connectivity index (χ0n) is 10.3. The highest BCUT2D eigenvalue weighted by Crippen LogP contribution is 2.33. The van der Waals surface area contributed by atoms with Gasteiger partial charge < -0.3 is 9.52 Å². The molecule has 0 spiro atoms. The predicted molar refractivity (Wildman–Crippen MR) is 66.5 cm³/mol. The van der Waals surface area contributed by atoms with Gasteiger partial charge in [0.2, 0.25) is 6.17 Å². The van der Waals surface area contributed by atoms with Gasteiger partial charge in [0.05, 0.1) is 5.92 Å². The van der Waals surface area contributed by atoms with Gasteiger partial charge in [-0.15, -0.1) is 0 Å². The van der Waals surface area contributed by atoms with Crippen molar-refractivity contribution < 1.29 is 18.7 Å². The van der Waals surface area contributed by atoms with E-state index in [1.807, 2.05) is 25.1 Å². The molecule has 96 valence electrons. The number of aliphatic carboxylic acids is 1. The largest absolute Gasteiger partial charge is 0.479 e. The van der Waals surface area contributed by atoms with E-state index < -0.39 is 18.1 Å². The first-order valence-corrected chi connectivity index (χ1v) is 5.93. The molecule has 0 aliphatic rings. The number of carboxylic acid groups (broad SMARTS) is 1. The van der Waals surface area contributed by atoms with E-state index in [1.54, 1.807) is 6.07 Å². The molecule has 3 nitrogen and oxygen atoms in total. The molecule has 2 unspecified atom stereocenters. The molecule has 0 amide bonds. The number of carboxylic acids is 1. The molecule has 1 aromatic carbocycles. The zero-order chi connectivity index (χ0) is 13.3. The maximum Gasteiger partial charge on any atom is 0.339 e. The summed E-state index contributed by atoms with van der Waals surface area (Å²) in [5.41, 5.74) is 1.57. The summed E-state index contributed by atoms with van der Waals surface area (Å²) < 4.78 is 19.2. The third-order valence-corrected chi connectivity index (χ3v) is 3.17. The number of rotatable bonds is 4. The van der Waals surface area contributed by atoms with Crippen LogP contribution >= 0.6 is 0 Å². The van der Waals surface area contributed by atoms with Crippen LogP contribution in [0, 0.1) is 0 Å². The van der Waals surface area contributed by atoms with E-state index in [0.29, 0.717) is 17.8 Å². The molecule has 0 saturated heterocycles. The van der Waals surface area contributed by atoms with Crippen molar-refractivity contribution in [2.45, 2.75) is 32.4 Å². The van der Waals surface area contributed by atoms with Gasteiger partial charge in [0.1, 0.15) is 11.3 Å². The van der Waals surface area contributed by atoms with Crippen molar-refractivity contribution in [1.29, 1.82) is 0 Å². The van der Waals surface area contributed by atoms with Crippen LogP contribution in [0.2, 0.25) is 0 Å². The number of carbonyl (C=O) groups is 1. The standard InChI is InChI=1S/C14H15FO3/c1-3-9-10-6-4-5-7-11(10)18-13(9)8(2)12(15)14(16)17/h4-8,12H,3H2,1-2H3,(H,16,17). The van der Waals surface area contributed by atoms with Crippen LogP contribution in [-0.2, 0) is 11.2 Å². The lowest BCUT2D eigenvalue weighted by molar-refractivity contribution is -0.143. The molecule has 0 fully saturated rings. The Balaban J connectivity index is 2.53. The van der Waals surface area contributed by atoms with Gasteiger partial charge in [0.25, 0.3) is 0 Å². The monoisotopic (exact) mass is 250 g/mol. The summed E-state index contributed by atoms with van der Waals surface area (Å²) in [5.74, 6) is -1.80. The lowest BCUT2D eigenvalue weighted by Gasteiger charge is -2.11. The number of para-hydroxylation sites is 1. The lowest BCUT2D eigenvalue weighted by Crippen LogP contribution is -2.21. The highest BCUT2D eigenvalue weighted by molar-refractivity contribution is 5.83. The maximum absolute atomic E-state index is 13.6. The average molecular weight is 250 g/mol. The Morgan fingerprint density at radius 3 is 2.72 bits per heavy atom. The van der Waals surface area contributed by atoms with Crippen molar-refractivity contribution in [2.75, 3.05) is 0 Å². The van der Waals surface area contributed by atoms with Gasteiger partial charge in [-0.05, 0) is 12.5 Å². The summed E-state index contributed by atoms with van der Waals surface area (Å²) in [4.78, 5) is 10.7. The number of aryl methyl sites for hydroxylation is 1. The Hall–Kier alpha value is -1.84. The molecular weight excluding hydrogens is 235 g/mol. The van der Waals surface area contributed by atoms with E-state index in [1.165, 1.54) is 6.92 Å². The van der Waals surface area contributed by atoms with Gasteiger partial charge in [-0.25, -0.2) is 9.18 Å². The van der Waals surface area contributed by atoms with Crippen LogP contribution in [0.15, 0.2) is 28.7 Å². The fraction of sp³-hybridized carbons (Fsp3) is 0.357. The van der Waals surface area contributed by atoms with Crippen molar-refractivity contribution in [1.82, 2.24) is 0 Å². The van der Waals surface area contributed by atoms with Crippen LogP contribution in [-0.4, -0.2) is 17.2 Å². The van der Waals surface area contributed by atoms with Crippen LogP contribution in [0.3, 0.4) is 0 Å². The number of halogens is 1. The Morgan fingerprint density at radius 2 is 2.11 bits per heavy atom. The van der Waals surface area contributed by atoms with Gasteiger partial charge in [0, 0.05) is 10.9 Å². The smallest absolute Gasteiger partial charge is 0.339 e. The van der Waals surface area contributed by atoms with Crippen molar-refractivity contribution in [3.05, 3.63) is 35.6 Å². The van der Waals surface area contributed by atoms with E-state index in [4.69, 9.17) is 9.52 Å². The molecule has 0 aliphatic heterocycles. The molecule has 1 aromatic heterocycles. The Morgan fingerprint density at radius 1 is 1.44 bits per heavy atom. The maximum atomic E-state index is 13.6. The summed E-state index contributed by atoms with van der Waals surface area (Å²) in [6.07, 6.45) is -1.26. The van der Waals surface area contributed by atoms with Crippen LogP contribution < -0.4 is 0 Å². The first-order chi connectivity index (χ1) is 8.56. The van der Waals surface area contributed by atoms with E-state index >= 15 is 0 Å². The van der Waals surface area contributed by atoms with E-state index in [-0.39, 0.29) is 0 Å². The quantitative estimate of drug-likeness (QED) is 0.903. The molecule has 2 rings (SSSR count). The van der Waals surface area contributed by atoms with Crippen molar-refractivity contribution >= 4 is 16.9 Å². The van der Waals surface area contributed by atoms with Gasteiger partial charge in [-0.1, -0.05) is 32.0 Å². The molecule has 2 atom stereocenters. The molecule has 18 heavy (non-hydrogen) atoms. The number of furan rings is 1. The highest BCUT2D eigenvalue weighted by Gasteiger charge is 2.30. The normalized spacial score (nSPS) is 14.6. The summed E-state index contributed by atoms with van der Waals surface area (Å²) in [7, 11) is 0. The van der Waals surface area contributed by atoms with Crippen molar-refractivity contribution in [3.8, 4) is 0 Å². The van der Waals surface area contributed by atoms with Crippen LogP contribution in [0.5, 0.6) is 0 Å². The second kappa shape index (κ2) is 4.80. The number of hydrogen-bond donors (Lipinski definition) is 1. The van der Waals surface area contributed by atoms with Crippen molar-refractivity contribution in [3.63, 3.8) is 0 Å². The molecule has 2 aromatic rings. The lowest BCUT2D eigenvalue weighted by atomic mass is 9.97. The first kappa shape index (κ1) is 12.6. The first-order valence-electron chi connectivity index (χ1n) is 5.93. The molecule has 0 saturated carbocycles. The fourth-order valence-corrected chi connectivity index (χ4v) is 2.20. The van der Waals surface area contributed by atoms with Crippen LogP contribution in [0.4, 0.5) is 4.39 Å². The minimum Gasteiger partial charge on any atom is -0.479 e. The molecule has 1 heterocycles. The summed E-state index contributed by atoms with van der Waals surface area (Å²) in [5, 5.41) is 9.67. The SMILES string of the molecule is CCc1c(C(C)C(F)C(=O)O)oc2ccccc12. The van der Waals surface area contributed by atoms with Crippen molar-refractivity contribution in [2.24, 2.45) is 0 Å². The van der Waals surface area contributed by atoms with Gasteiger partial charge in [-0.2, -0.15) is 0 Å². The van der Waals surface area contributed by atoms with E-state index in [9.17, 15) is 9.18 Å². The third kappa shape index (κ3) is 1.98.